The number of hydrogen-bond acceptors (Lipinski definition) is 35. The van der Waals surface area contributed by atoms with Gasteiger partial charge in [0.1, 0.15) is 141 Å². The number of aliphatic hydroxyl groups excluding tert-OH is 18. The number of carboxylic acid groups (broad SMARTS) is 1. The van der Waals surface area contributed by atoms with E-state index < -0.39 is 287 Å². The summed E-state index contributed by atoms with van der Waals surface area (Å²) in [5, 5.41) is 206. The standard InChI is InChI=1S/C68H106O36/c1-63(2)13-15-68(62(90)104-60-52(38(77)29(74)22-93-60)102-57-48(87)49(99-58-45(84)41(80)39(78)30(18-69)95-58)32(23-94-57)97-55-43(82)36(75)27(72)20-91-55)16-14-66(5)25(26(68)17-63)7-8-34-64(3)11-10-35(65(4,24-71)33(64)9-12-67(34,66)6)98-61-53(103-59-46(85)42(81)40(79)31(19-70)96-59)50(47(86)51(101-61)54(88)89)100-56-44(83)37(76)28(73)21-92-56/h7,24,26-53,55-61,69-70,72-87H,8-23H2,1-6H3,(H,88,89)/t26-,27-,28-,29-,30?,31?,32-,33?,34?,35?,36-,37-,38-,39-,40-,41-,42-,43?,44?,45?,46?,47+,48?,49-,50-,51?,52?,53?,55-,56-,57-,58-,59-,60-,61+,64-,65-,66+,67+,68-/m0/s1. The summed E-state index contributed by atoms with van der Waals surface area (Å²) >= 11 is 0. The minimum absolute atomic E-state index is 0.121. The number of aliphatic carboxylic acids is 1. The fourth-order valence-electron chi connectivity index (χ4n) is 19.6. The normalized spacial score (nSPS) is 54.0. The summed E-state index contributed by atoms with van der Waals surface area (Å²) < 4.78 is 83.9. The monoisotopic (exact) mass is 1500 g/mol. The fourth-order valence-corrected chi connectivity index (χ4v) is 19.6. The Morgan fingerprint density at radius 1 is 0.481 bits per heavy atom. The summed E-state index contributed by atoms with van der Waals surface area (Å²) in [5.41, 5.74) is -3.57. The van der Waals surface area contributed by atoms with Crippen molar-refractivity contribution in [1.82, 2.24) is 0 Å². The summed E-state index contributed by atoms with van der Waals surface area (Å²) in [6, 6.07) is 0. The Kier molecular flexibility index (Phi) is 23.8. The van der Waals surface area contributed by atoms with E-state index in [1.165, 1.54) is 0 Å². The number of aliphatic hydroxyl groups is 18. The zero-order valence-electron chi connectivity index (χ0n) is 58.6. The van der Waals surface area contributed by atoms with Crippen LogP contribution in [0, 0.1) is 50.2 Å². The van der Waals surface area contributed by atoms with Crippen molar-refractivity contribution < 1.29 is 178 Å². The summed E-state index contributed by atoms with van der Waals surface area (Å²) in [6.45, 7) is 8.63. The molecule has 13 unspecified atom stereocenters. The maximum absolute atomic E-state index is 15.7. The molecule has 594 valence electrons. The first kappa shape index (κ1) is 80.6. The summed E-state index contributed by atoms with van der Waals surface area (Å²) in [6.07, 6.45) is -51.0. The number of carboxylic acids is 1. The lowest BCUT2D eigenvalue weighted by Gasteiger charge is -2.71. The Hall–Kier alpha value is -2.89. The third-order valence-corrected chi connectivity index (χ3v) is 26.2. The van der Waals surface area contributed by atoms with Gasteiger partial charge >= 0.3 is 11.9 Å². The molecule has 40 atom stereocenters. The average molecular weight is 1500 g/mol. The van der Waals surface area contributed by atoms with Crippen LogP contribution in [0.1, 0.15) is 106 Å². The molecule has 0 amide bonds. The molecule has 7 heterocycles. The largest absolute Gasteiger partial charge is 0.479 e. The molecule has 11 fully saturated rings. The van der Waals surface area contributed by atoms with Crippen LogP contribution in [-0.4, -0.2) is 352 Å². The minimum atomic E-state index is -2.21. The third-order valence-electron chi connectivity index (χ3n) is 26.2. The lowest BCUT2D eigenvalue weighted by atomic mass is 9.33. The number of fused-ring (bicyclic) bond motifs is 7. The minimum Gasteiger partial charge on any atom is -0.479 e. The maximum Gasteiger partial charge on any atom is 0.335 e. The van der Waals surface area contributed by atoms with Crippen molar-refractivity contribution in [1.29, 1.82) is 0 Å². The molecule has 19 N–H and O–H groups in total. The Labute approximate surface area is 598 Å². The van der Waals surface area contributed by atoms with Crippen LogP contribution in [-0.2, 0) is 80.7 Å². The lowest BCUT2D eigenvalue weighted by Crippen LogP contribution is -2.68. The number of rotatable bonds is 18. The molecule has 36 heteroatoms. The van der Waals surface area contributed by atoms with E-state index in [9.17, 15) is 107 Å². The molecule has 7 saturated heterocycles. The maximum atomic E-state index is 15.7. The van der Waals surface area contributed by atoms with Crippen molar-refractivity contribution >= 4 is 18.2 Å². The highest BCUT2D eigenvalue weighted by molar-refractivity contribution is 5.79. The van der Waals surface area contributed by atoms with Crippen LogP contribution in [0.15, 0.2) is 11.6 Å². The van der Waals surface area contributed by atoms with Gasteiger partial charge in [-0.2, -0.15) is 0 Å². The van der Waals surface area contributed by atoms with Gasteiger partial charge in [0.15, 0.2) is 49.9 Å². The predicted molar refractivity (Wildman–Crippen MR) is 338 cm³/mol. The van der Waals surface area contributed by atoms with E-state index in [1.807, 2.05) is 0 Å². The highest BCUT2D eigenvalue weighted by Gasteiger charge is 2.71. The van der Waals surface area contributed by atoms with E-state index in [0.29, 0.717) is 57.8 Å². The van der Waals surface area contributed by atoms with E-state index in [1.54, 1.807) is 6.92 Å². The molecule has 36 nitrogen and oxygen atoms in total. The van der Waals surface area contributed by atoms with Gasteiger partial charge in [0.25, 0.3) is 0 Å². The zero-order chi connectivity index (χ0) is 75.6. The van der Waals surface area contributed by atoms with E-state index in [0.717, 1.165) is 11.9 Å². The van der Waals surface area contributed by atoms with Crippen LogP contribution >= 0.6 is 0 Å². The quantitative estimate of drug-likeness (QED) is 0.0262. The topological polar surface area (TPSA) is 565 Å². The Balaban J connectivity index is 0.794. The highest BCUT2D eigenvalue weighted by Crippen LogP contribution is 2.76. The molecule has 0 aromatic carbocycles. The first-order valence-corrected chi connectivity index (χ1v) is 36.0. The van der Waals surface area contributed by atoms with Crippen molar-refractivity contribution in [2.75, 3.05) is 39.6 Å². The molecule has 104 heavy (non-hydrogen) atoms. The van der Waals surface area contributed by atoms with Crippen molar-refractivity contribution in [3.8, 4) is 0 Å². The smallest absolute Gasteiger partial charge is 0.335 e. The molecular formula is C68H106O36. The highest BCUT2D eigenvalue weighted by atomic mass is 16.8. The summed E-state index contributed by atoms with van der Waals surface area (Å²) in [7, 11) is 0. The van der Waals surface area contributed by atoms with Crippen LogP contribution in [0.4, 0.5) is 0 Å². The molecule has 5 aliphatic carbocycles. The number of hydrogen-bond donors (Lipinski definition) is 19. The summed E-state index contributed by atoms with van der Waals surface area (Å²) in [5.74, 6) is -3.41. The SMILES string of the molecule is CC1(C)CC[C@]2(C(=O)O[C@@H]3OC[C@H](O)[C@H](O)C3O[C@@H]3OC[C@H](O[C@@H]4OC[C@H](O)[C@H](O)C4O)[C@H](O[C@@H]4OC(CO)[C@H](O)[C@H](O)C4O)C3O)CC[C@]3(C)C(=CCC4[C@@]5(C)CCC(O[C@@H]6OC(C(=O)O)[C@H](O)[C@H](O[C@@H]7OC[C@H](O)[C@H](O)C7O)C6O[C@@H]6OC(CO)[C@H](O)[C@H](O)C6O)[C@@](C)(C=O)C5CC[C@]43C)[C@@H]2C1. The fraction of sp³-hybridized carbons (Fsp3) is 0.926. The second-order valence-corrected chi connectivity index (χ2v) is 32.6. The van der Waals surface area contributed by atoms with Crippen LogP contribution in [0.25, 0.3) is 0 Å². The Morgan fingerprint density at radius 2 is 0.990 bits per heavy atom. The first-order chi connectivity index (χ1) is 48.9. The van der Waals surface area contributed by atoms with Crippen molar-refractivity contribution in [3.05, 3.63) is 11.6 Å². The van der Waals surface area contributed by atoms with E-state index >= 15 is 4.79 Å². The van der Waals surface area contributed by atoms with E-state index in [-0.39, 0.29) is 17.8 Å². The van der Waals surface area contributed by atoms with Gasteiger partial charge in [0, 0.05) is 0 Å². The van der Waals surface area contributed by atoms with Crippen LogP contribution in [0.5, 0.6) is 0 Å². The van der Waals surface area contributed by atoms with E-state index in [2.05, 4.69) is 40.7 Å². The summed E-state index contributed by atoms with van der Waals surface area (Å²) in [4.78, 5) is 42.9. The number of aldehydes is 1. The Morgan fingerprint density at radius 3 is 1.57 bits per heavy atom. The van der Waals surface area contributed by atoms with Gasteiger partial charge in [0.05, 0.1) is 56.6 Å². The molecule has 0 bridgehead atoms. The van der Waals surface area contributed by atoms with Crippen LogP contribution < -0.4 is 0 Å². The molecular weight excluding hydrogens is 1390 g/mol. The second-order valence-electron chi connectivity index (χ2n) is 32.6. The number of carbonyl (C=O) groups excluding carboxylic acids is 2. The van der Waals surface area contributed by atoms with E-state index in [4.69, 9.17) is 66.3 Å². The molecule has 12 rings (SSSR count). The number of carbonyl (C=O) groups is 3. The van der Waals surface area contributed by atoms with Crippen molar-refractivity contribution in [3.63, 3.8) is 0 Å². The van der Waals surface area contributed by atoms with Gasteiger partial charge in [-0.3, -0.25) is 4.79 Å². The Bertz CT molecular complexity index is 3020. The molecule has 7 aliphatic heterocycles. The van der Waals surface area contributed by atoms with Gasteiger partial charge in [-0.1, -0.05) is 53.2 Å². The van der Waals surface area contributed by atoms with Crippen LogP contribution in [0.2, 0.25) is 0 Å². The number of ether oxygens (including phenoxy) is 14. The first-order valence-electron chi connectivity index (χ1n) is 36.0. The molecule has 0 aromatic heterocycles. The van der Waals surface area contributed by atoms with Crippen molar-refractivity contribution in [2.45, 2.75) is 302 Å². The average Bonchev–Trinajstić information content (AvgIpc) is 0.674. The van der Waals surface area contributed by atoms with Gasteiger partial charge in [-0.25, -0.2) is 4.79 Å². The van der Waals surface area contributed by atoms with Gasteiger partial charge in [-0.15, -0.1) is 0 Å². The predicted octanol–water partition coefficient (Wildman–Crippen LogP) is -6.74. The molecule has 0 aromatic rings. The van der Waals surface area contributed by atoms with Gasteiger partial charge in [-0.05, 0) is 104 Å². The lowest BCUT2D eigenvalue weighted by molar-refractivity contribution is -0.391. The number of allylic oxidation sites excluding steroid dienone is 2. The van der Waals surface area contributed by atoms with Gasteiger partial charge in [0.2, 0.25) is 6.29 Å². The van der Waals surface area contributed by atoms with Crippen LogP contribution in [0.3, 0.4) is 0 Å². The molecule has 4 saturated carbocycles. The zero-order valence-corrected chi connectivity index (χ0v) is 58.6. The molecule has 0 spiro atoms. The third kappa shape index (κ3) is 14.0. The van der Waals surface area contributed by atoms with Crippen molar-refractivity contribution in [2.24, 2.45) is 50.2 Å². The number of esters is 1. The molecule has 0 radical (unpaired) electrons. The molecule has 12 aliphatic rings. The second kappa shape index (κ2) is 30.7. The van der Waals surface area contributed by atoms with Gasteiger partial charge < -0.3 is 168 Å².